The van der Waals surface area contributed by atoms with E-state index in [1.165, 1.54) is 0 Å². The Morgan fingerprint density at radius 3 is 2.30 bits per heavy atom. The van der Waals surface area contributed by atoms with Crippen LogP contribution in [0.4, 0.5) is 5.69 Å². The Labute approximate surface area is 136 Å². The molecule has 2 rings (SSSR count). The Balaban J connectivity index is 2.33. The molecule has 1 amide bonds. The van der Waals surface area contributed by atoms with Crippen LogP contribution in [0.3, 0.4) is 0 Å². The molecule has 0 aliphatic heterocycles. The average Bonchev–Trinajstić information content (AvgIpc) is 2.38. The van der Waals surface area contributed by atoms with Crippen molar-refractivity contribution in [3.8, 4) is 0 Å². The number of hydrogen-bond acceptors (Lipinski definition) is 1. The molecule has 0 fully saturated rings. The Bertz CT molecular complexity index is 623. The van der Waals surface area contributed by atoms with Gasteiger partial charge in [0, 0.05) is 10.5 Å². The highest BCUT2D eigenvalue weighted by Gasteiger charge is 2.16. The maximum absolute atomic E-state index is 12.3. The Kier molecular flexibility index (Phi) is 5.08. The molecule has 2 aromatic rings. The monoisotopic (exact) mass is 371 g/mol. The number of alkyl halides is 1. The highest BCUT2D eigenvalue weighted by molar-refractivity contribution is 9.09. The summed E-state index contributed by atoms with van der Waals surface area (Å²) in [6.45, 7) is 1.99. The van der Waals surface area contributed by atoms with Crippen molar-refractivity contribution < 1.29 is 4.79 Å². The van der Waals surface area contributed by atoms with Crippen LogP contribution in [0, 0.1) is 0 Å². The van der Waals surface area contributed by atoms with Gasteiger partial charge in [-0.25, -0.2) is 0 Å². The molecule has 104 valence electrons. The summed E-state index contributed by atoms with van der Waals surface area (Å²) in [5.74, 6) is -0.318. The average molecular weight is 373 g/mol. The van der Waals surface area contributed by atoms with Gasteiger partial charge in [0.25, 0.3) is 5.91 Å². The van der Waals surface area contributed by atoms with Gasteiger partial charge in [-0.1, -0.05) is 63.4 Å². The van der Waals surface area contributed by atoms with Gasteiger partial charge in [0.1, 0.15) is 0 Å². The minimum atomic E-state index is -0.318. The number of benzene rings is 2. The summed E-state index contributed by atoms with van der Waals surface area (Å²) in [5.41, 5.74) is 2.01. The first-order valence-corrected chi connectivity index (χ1v) is 7.66. The van der Waals surface area contributed by atoms with Crippen LogP contribution in [-0.2, 0) is 0 Å². The molecule has 0 radical (unpaired) electrons. The van der Waals surface area contributed by atoms with Crippen LogP contribution < -0.4 is 5.32 Å². The number of carbonyl (C=O) groups excluding carboxylic acids is 1. The van der Waals surface area contributed by atoms with Crippen molar-refractivity contribution in [3.05, 3.63) is 63.6 Å². The molecule has 0 heterocycles. The van der Waals surface area contributed by atoms with E-state index in [1.54, 1.807) is 18.2 Å². The first-order valence-electron chi connectivity index (χ1n) is 5.99. The fraction of sp³-hybridized carbons (Fsp3) is 0.133. The summed E-state index contributed by atoms with van der Waals surface area (Å²) < 4.78 is 0. The molecule has 0 saturated heterocycles. The number of anilines is 1. The van der Waals surface area contributed by atoms with Crippen LogP contribution in [-0.4, -0.2) is 5.91 Å². The lowest BCUT2D eigenvalue weighted by molar-refractivity contribution is 0.102. The summed E-state index contributed by atoms with van der Waals surface area (Å²) in [6, 6.07) is 12.6. The molecule has 2 nitrogen and oxygen atoms in total. The lowest BCUT2D eigenvalue weighted by Gasteiger charge is -2.13. The first-order chi connectivity index (χ1) is 9.50. The molecule has 1 atom stereocenters. The lowest BCUT2D eigenvalue weighted by atomic mass is 10.1. The normalized spacial score (nSPS) is 12.0. The van der Waals surface area contributed by atoms with Crippen LogP contribution in [0.5, 0.6) is 0 Å². The minimum absolute atomic E-state index is 0.126. The van der Waals surface area contributed by atoms with Crippen molar-refractivity contribution in [2.45, 2.75) is 11.8 Å². The summed E-state index contributed by atoms with van der Waals surface area (Å²) in [5, 5.41) is 3.52. The van der Waals surface area contributed by atoms with Crippen molar-refractivity contribution >= 4 is 50.7 Å². The zero-order valence-electron chi connectivity index (χ0n) is 10.7. The fourth-order valence-electron chi connectivity index (χ4n) is 1.86. The van der Waals surface area contributed by atoms with E-state index in [2.05, 4.69) is 21.2 Å². The second kappa shape index (κ2) is 6.61. The van der Waals surface area contributed by atoms with Crippen LogP contribution in [0.15, 0.2) is 42.5 Å². The molecule has 2 aromatic carbocycles. The largest absolute Gasteiger partial charge is 0.322 e. The summed E-state index contributed by atoms with van der Waals surface area (Å²) >= 11 is 15.6. The Morgan fingerprint density at radius 1 is 1.10 bits per heavy atom. The predicted molar refractivity (Wildman–Crippen MR) is 88.2 cm³/mol. The molecular formula is C15H12BrCl2NO. The highest BCUT2D eigenvalue weighted by Crippen LogP contribution is 2.30. The Morgan fingerprint density at radius 2 is 1.70 bits per heavy atom. The van der Waals surface area contributed by atoms with E-state index >= 15 is 0 Å². The number of rotatable bonds is 3. The first kappa shape index (κ1) is 15.4. The van der Waals surface area contributed by atoms with Crippen LogP contribution >= 0.6 is 39.1 Å². The van der Waals surface area contributed by atoms with Gasteiger partial charge in [-0.05, 0) is 30.7 Å². The van der Waals surface area contributed by atoms with Crippen LogP contribution in [0.1, 0.15) is 27.7 Å². The van der Waals surface area contributed by atoms with Gasteiger partial charge in [-0.15, -0.1) is 0 Å². The zero-order chi connectivity index (χ0) is 14.7. The molecule has 0 bridgehead atoms. The second-order valence-electron chi connectivity index (χ2n) is 4.25. The van der Waals surface area contributed by atoms with Crippen molar-refractivity contribution in [3.63, 3.8) is 0 Å². The molecule has 20 heavy (non-hydrogen) atoms. The maximum atomic E-state index is 12.3. The number of nitrogens with one attached hydrogen (secondary N) is 1. The number of halogens is 3. The van der Waals surface area contributed by atoms with Crippen LogP contribution in [0.2, 0.25) is 10.0 Å². The summed E-state index contributed by atoms with van der Waals surface area (Å²) in [6.07, 6.45) is 0. The fourth-order valence-corrected chi connectivity index (χ4v) is 2.83. The van der Waals surface area contributed by atoms with E-state index in [4.69, 9.17) is 23.2 Å². The quantitative estimate of drug-likeness (QED) is 0.687. The second-order valence-corrected chi connectivity index (χ2v) is 6.44. The number of amides is 1. The van der Waals surface area contributed by atoms with Gasteiger partial charge in [-0.2, -0.15) is 0 Å². The van der Waals surface area contributed by atoms with Crippen LogP contribution in [0.25, 0.3) is 0 Å². The Hall–Kier alpha value is -1.03. The molecule has 0 spiro atoms. The van der Waals surface area contributed by atoms with E-state index in [1.807, 2.05) is 31.2 Å². The van der Waals surface area contributed by atoms with E-state index in [9.17, 15) is 4.79 Å². The SMILES string of the molecule is CC(Br)c1ccccc1NC(=O)c1c(Cl)cccc1Cl. The van der Waals surface area contributed by atoms with Crippen molar-refractivity contribution in [2.24, 2.45) is 0 Å². The highest BCUT2D eigenvalue weighted by atomic mass is 79.9. The molecule has 0 saturated carbocycles. The van der Waals surface area contributed by atoms with Gasteiger partial charge in [0.15, 0.2) is 0 Å². The topological polar surface area (TPSA) is 29.1 Å². The molecule has 5 heteroatoms. The van der Waals surface area contributed by atoms with Gasteiger partial charge in [0.05, 0.1) is 15.6 Å². The van der Waals surface area contributed by atoms with E-state index in [0.717, 1.165) is 11.3 Å². The standard InChI is InChI=1S/C15H12BrCl2NO/c1-9(16)10-5-2-3-8-13(10)19-15(20)14-11(17)6-4-7-12(14)18/h2-9H,1H3,(H,19,20). The van der Waals surface area contributed by atoms with Gasteiger partial charge in [0.2, 0.25) is 0 Å². The van der Waals surface area contributed by atoms with Crippen molar-refractivity contribution in [1.82, 2.24) is 0 Å². The summed E-state index contributed by atoms with van der Waals surface area (Å²) in [7, 11) is 0. The third kappa shape index (κ3) is 3.35. The third-order valence-corrected chi connectivity index (χ3v) is 3.95. The summed E-state index contributed by atoms with van der Waals surface area (Å²) in [4.78, 5) is 12.5. The van der Waals surface area contributed by atoms with Gasteiger partial charge < -0.3 is 5.32 Å². The molecular weight excluding hydrogens is 361 g/mol. The van der Waals surface area contributed by atoms with E-state index < -0.39 is 0 Å². The molecule has 0 aliphatic carbocycles. The molecule has 1 unspecified atom stereocenters. The number of hydrogen-bond donors (Lipinski definition) is 1. The maximum Gasteiger partial charge on any atom is 0.258 e. The zero-order valence-corrected chi connectivity index (χ0v) is 13.8. The van der Waals surface area contributed by atoms with E-state index in [0.29, 0.717) is 10.0 Å². The smallest absolute Gasteiger partial charge is 0.258 e. The van der Waals surface area contributed by atoms with Crippen molar-refractivity contribution in [2.75, 3.05) is 5.32 Å². The number of para-hydroxylation sites is 1. The van der Waals surface area contributed by atoms with E-state index in [-0.39, 0.29) is 16.3 Å². The predicted octanol–water partition coefficient (Wildman–Crippen LogP) is 5.70. The minimum Gasteiger partial charge on any atom is -0.322 e. The van der Waals surface area contributed by atoms with Gasteiger partial charge in [-0.3, -0.25) is 4.79 Å². The number of carbonyl (C=O) groups is 1. The third-order valence-electron chi connectivity index (χ3n) is 2.83. The lowest BCUT2D eigenvalue weighted by Crippen LogP contribution is -2.14. The van der Waals surface area contributed by atoms with Crippen molar-refractivity contribution in [1.29, 1.82) is 0 Å². The van der Waals surface area contributed by atoms with Gasteiger partial charge >= 0.3 is 0 Å². The molecule has 1 N–H and O–H groups in total. The molecule has 0 aromatic heterocycles. The molecule has 0 aliphatic rings.